The Balaban J connectivity index is 1.89. The van der Waals surface area contributed by atoms with Gasteiger partial charge in [0.25, 0.3) is 0 Å². The van der Waals surface area contributed by atoms with Crippen LogP contribution in [0.4, 0.5) is 0 Å². The third-order valence-electron chi connectivity index (χ3n) is 2.15. The maximum absolute atomic E-state index is 5.76. The van der Waals surface area contributed by atoms with Gasteiger partial charge in [-0.05, 0) is 11.6 Å². The van der Waals surface area contributed by atoms with E-state index in [4.69, 9.17) is 25.8 Å². The monoisotopic (exact) mass is 272 g/mol. The molecule has 8 heteroatoms. The first-order chi connectivity index (χ1) is 8.81. The van der Waals surface area contributed by atoms with E-state index in [1.165, 1.54) is 0 Å². The fourth-order valence-corrected chi connectivity index (χ4v) is 1.50. The molecule has 0 amide bonds. The Kier molecular flexibility index (Phi) is 4.68. The zero-order chi connectivity index (χ0) is 12.8. The second-order valence-corrected chi connectivity index (χ2v) is 3.72. The van der Waals surface area contributed by atoms with Crippen LogP contribution in [0.5, 0.6) is 5.88 Å². The quantitative estimate of drug-likeness (QED) is 0.599. The van der Waals surface area contributed by atoms with Crippen molar-refractivity contribution in [3.8, 4) is 5.88 Å². The summed E-state index contributed by atoms with van der Waals surface area (Å²) in [5.74, 6) is 0.397. The molecule has 0 aromatic carbocycles. The normalized spacial score (nSPS) is 11.0. The van der Waals surface area contributed by atoms with Gasteiger partial charge in [0.05, 0.1) is 26.0 Å². The van der Waals surface area contributed by atoms with Crippen LogP contribution in [0.2, 0.25) is 5.28 Å². The van der Waals surface area contributed by atoms with Gasteiger partial charge in [0.1, 0.15) is 12.0 Å². The molecular weight excluding hydrogens is 260 g/mol. The molecule has 0 aliphatic rings. The van der Waals surface area contributed by atoms with Gasteiger partial charge in [0.15, 0.2) is 5.65 Å². The fraction of sp³-hybridized carbons (Fsp3) is 0.500. The number of nitrogens with zero attached hydrogens (tertiary/aromatic N) is 3. The van der Waals surface area contributed by atoms with Crippen molar-refractivity contribution in [2.75, 3.05) is 33.5 Å². The van der Waals surface area contributed by atoms with E-state index in [0.29, 0.717) is 43.3 Å². The SMILES string of the molecule is COCCOCCOc1nc(Cl)nc2[nH]ncc12. The van der Waals surface area contributed by atoms with Crippen LogP contribution in [0.25, 0.3) is 11.0 Å². The Morgan fingerprint density at radius 3 is 2.89 bits per heavy atom. The molecule has 18 heavy (non-hydrogen) atoms. The number of aromatic amines is 1. The van der Waals surface area contributed by atoms with Gasteiger partial charge in [-0.2, -0.15) is 15.1 Å². The molecule has 2 rings (SSSR count). The molecule has 0 aliphatic carbocycles. The number of halogens is 1. The number of nitrogens with one attached hydrogen (secondary N) is 1. The van der Waals surface area contributed by atoms with E-state index in [2.05, 4.69) is 20.2 Å². The van der Waals surface area contributed by atoms with Gasteiger partial charge >= 0.3 is 0 Å². The van der Waals surface area contributed by atoms with E-state index in [-0.39, 0.29) is 5.28 Å². The summed E-state index contributed by atoms with van der Waals surface area (Å²) in [6.45, 7) is 1.92. The molecule has 0 aliphatic heterocycles. The largest absolute Gasteiger partial charge is 0.475 e. The third kappa shape index (κ3) is 3.28. The molecule has 0 spiro atoms. The van der Waals surface area contributed by atoms with Crippen molar-refractivity contribution in [2.45, 2.75) is 0 Å². The average molecular weight is 273 g/mol. The molecule has 0 fully saturated rings. The highest BCUT2D eigenvalue weighted by Gasteiger charge is 2.09. The summed E-state index contributed by atoms with van der Waals surface area (Å²) in [5.41, 5.74) is 0.547. The second-order valence-electron chi connectivity index (χ2n) is 3.38. The van der Waals surface area contributed by atoms with Crippen molar-refractivity contribution < 1.29 is 14.2 Å². The lowest BCUT2D eigenvalue weighted by Gasteiger charge is -2.06. The van der Waals surface area contributed by atoms with Crippen molar-refractivity contribution in [3.63, 3.8) is 0 Å². The Morgan fingerprint density at radius 2 is 2.06 bits per heavy atom. The zero-order valence-electron chi connectivity index (χ0n) is 9.85. The first-order valence-corrected chi connectivity index (χ1v) is 5.75. The molecule has 7 nitrogen and oxygen atoms in total. The average Bonchev–Trinajstić information content (AvgIpc) is 2.81. The minimum absolute atomic E-state index is 0.113. The molecular formula is C10H13ClN4O3. The van der Waals surface area contributed by atoms with Gasteiger partial charge in [-0.3, -0.25) is 5.10 Å². The highest BCUT2D eigenvalue weighted by atomic mass is 35.5. The Morgan fingerprint density at radius 1 is 1.22 bits per heavy atom. The topological polar surface area (TPSA) is 82.1 Å². The van der Waals surface area contributed by atoms with E-state index in [0.717, 1.165) is 0 Å². The highest BCUT2D eigenvalue weighted by Crippen LogP contribution is 2.21. The van der Waals surface area contributed by atoms with Crippen molar-refractivity contribution >= 4 is 22.6 Å². The van der Waals surface area contributed by atoms with Crippen LogP contribution < -0.4 is 4.74 Å². The molecule has 2 aromatic heterocycles. The van der Waals surface area contributed by atoms with Gasteiger partial charge in [-0.15, -0.1) is 0 Å². The van der Waals surface area contributed by atoms with Gasteiger partial charge in [0, 0.05) is 7.11 Å². The van der Waals surface area contributed by atoms with E-state index in [1.54, 1.807) is 13.3 Å². The smallest absolute Gasteiger partial charge is 0.229 e. The predicted octanol–water partition coefficient (Wildman–Crippen LogP) is 1.05. The number of ether oxygens (including phenoxy) is 3. The molecule has 2 aromatic rings. The lowest BCUT2D eigenvalue weighted by molar-refractivity contribution is 0.0539. The van der Waals surface area contributed by atoms with Gasteiger partial charge in [-0.1, -0.05) is 0 Å². The highest BCUT2D eigenvalue weighted by molar-refractivity contribution is 6.28. The zero-order valence-corrected chi connectivity index (χ0v) is 10.6. The van der Waals surface area contributed by atoms with Crippen LogP contribution in [0.15, 0.2) is 6.20 Å². The Bertz CT molecular complexity index is 505. The van der Waals surface area contributed by atoms with E-state index in [1.807, 2.05) is 0 Å². The lowest BCUT2D eigenvalue weighted by atomic mass is 10.4. The second kappa shape index (κ2) is 6.48. The number of rotatable bonds is 7. The maximum atomic E-state index is 5.76. The van der Waals surface area contributed by atoms with Crippen LogP contribution in [0.3, 0.4) is 0 Å². The molecule has 0 atom stereocenters. The van der Waals surface area contributed by atoms with Crippen molar-refractivity contribution in [1.82, 2.24) is 20.2 Å². The summed E-state index contributed by atoms with van der Waals surface area (Å²) >= 11 is 5.76. The van der Waals surface area contributed by atoms with Crippen LogP contribution in [0.1, 0.15) is 0 Å². The summed E-state index contributed by atoms with van der Waals surface area (Å²) in [7, 11) is 1.62. The number of hydrogen-bond donors (Lipinski definition) is 1. The first kappa shape index (κ1) is 13.0. The van der Waals surface area contributed by atoms with E-state index < -0.39 is 0 Å². The molecule has 0 saturated carbocycles. The number of methoxy groups -OCH3 is 1. The molecule has 2 heterocycles. The van der Waals surface area contributed by atoms with E-state index >= 15 is 0 Å². The van der Waals surface area contributed by atoms with Crippen LogP contribution in [0, 0.1) is 0 Å². The number of aromatic nitrogens is 4. The Hall–Kier alpha value is -1.44. The molecule has 0 radical (unpaired) electrons. The molecule has 1 N–H and O–H groups in total. The van der Waals surface area contributed by atoms with Gasteiger partial charge < -0.3 is 14.2 Å². The third-order valence-corrected chi connectivity index (χ3v) is 2.31. The van der Waals surface area contributed by atoms with Crippen molar-refractivity contribution in [2.24, 2.45) is 0 Å². The van der Waals surface area contributed by atoms with Crippen molar-refractivity contribution in [3.05, 3.63) is 11.5 Å². The maximum Gasteiger partial charge on any atom is 0.229 e. The summed E-state index contributed by atoms with van der Waals surface area (Å²) in [5, 5.41) is 7.37. The Labute approximate surface area is 108 Å². The van der Waals surface area contributed by atoms with Gasteiger partial charge in [-0.25, -0.2) is 0 Å². The number of H-pyrrole nitrogens is 1. The predicted molar refractivity (Wildman–Crippen MR) is 64.9 cm³/mol. The molecule has 0 saturated heterocycles. The number of hydrogen-bond acceptors (Lipinski definition) is 6. The van der Waals surface area contributed by atoms with Gasteiger partial charge in [0.2, 0.25) is 11.2 Å². The van der Waals surface area contributed by atoms with Crippen LogP contribution in [-0.4, -0.2) is 53.7 Å². The standard InChI is InChI=1S/C10H13ClN4O3/c1-16-2-3-17-4-5-18-9-7-6-12-15-8(7)13-10(11)14-9/h6H,2-5H2,1H3,(H,12,13,14,15). The van der Waals surface area contributed by atoms with Crippen LogP contribution >= 0.6 is 11.6 Å². The summed E-state index contributed by atoms with van der Waals surface area (Å²) in [4.78, 5) is 7.97. The minimum atomic E-state index is 0.113. The summed E-state index contributed by atoms with van der Waals surface area (Å²) in [6.07, 6.45) is 1.59. The van der Waals surface area contributed by atoms with E-state index in [9.17, 15) is 0 Å². The first-order valence-electron chi connectivity index (χ1n) is 5.37. The lowest BCUT2D eigenvalue weighted by Crippen LogP contribution is -2.10. The minimum Gasteiger partial charge on any atom is -0.475 e. The van der Waals surface area contributed by atoms with Crippen LogP contribution in [-0.2, 0) is 9.47 Å². The fourth-order valence-electron chi connectivity index (χ4n) is 1.33. The summed E-state index contributed by atoms with van der Waals surface area (Å²) < 4.78 is 15.6. The number of fused-ring (bicyclic) bond motifs is 1. The summed E-state index contributed by atoms with van der Waals surface area (Å²) in [6, 6.07) is 0. The van der Waals surface area contributed by atoms with Crippen molar-refractivity contribution in [1.29, 1.82) is 0 Å². The molecule has 98 valence electrons. The molecule has 0 unspecified atom stereocenters. The molecule has 0 bridgehead atoms.